The molecule has 0 heterocycles. The van der Waals surface area contributed by atoms with Gasteiger partial charge in [-0.3, -0.25) is 14.4 Å². The van der Waals surface area contributed by atoms with Gasteiger partial charge < -0.3 is 15.3 Å². The van der Waals surface area contributed by atoms with Gasteiger partial charge in [0.15, 0.2) is 0 Å². The topological polar surface area (TPSA) is 86.7 Å². The first-order chi connectivity index (χ1) is 10.3. The first-order valence-electron chi connectivity index (χ1n) is 6.70. The molecule has 120 valence electrons. The Kier molecular flexibility index (Phi) is 6.91. The summed E-state index contributed by atoms with van der Waals surface area (Å²) in [5.74, 6) is -1.62. The van der Waals surface area contributed by atoms with Gasteiger partial charge in [0, 0.05) is 18.9 Å². The molecule has 0 aliphatic rings. The zero-order valence-corrected chi connectivity index (χ0v) is 13.6. The molecule has 7 heteroatoms. The third-order valence-corrected chi connectivity index (χ3v) is 3.89. The number of carbonyl (C=O) groups is 3. The fourth-order valence-corrected chi connectivity index (χ4v) is 2.24. The van der Waals surface area contributed by atoms with Crippen LogP contribution >= 0.6 is 11.8 Å². The monoisotopic (exact) mass is 324 g/mol. The van der Waals surface area contributed by atoms with Crippen molar-refractivity contribution in [3.05, 3.63) is 29.8 Å². The van der Waals surface area contributed by atoms with Crippen LogP contribution in [-0.4, -0.2) is 47.6 Å². The minimum Gasteiger partial charge on any atom is -0.481 e. The Balaban J connectivity index is 2.81. The molecule has 6 nitrogen and oxygen atoms in total. The van der Waals surface area contributed by atoms with E-state index >= 15 is 0 Å². The summed E-state index contributed by atoms with van der Waals surface area (Å²) in [6.45, 7) is 1.26. The number of carboxylic acids is 1. The predicted octanol–water partition coefficient (Wildman–Crippen LogP) is 1.52. The molecule has 2 N–H and O–H groups in total. The van der Waals surface area contributed by atoms with Crippen LogP contribution in [0.2, 0.25) is 0 Å². The van der Waals surface area contributed by atoms with E-state index in [-0.39, 0.29) is 18.9 Å². The number of likely N-dealkylation sites (N-methyl/N-ethyl adjacent to an activating group) is 1. The van der Waals surface area contributed by atoms with Crippen molar-refractivity contribution in [3.8, 4) is 0 Å². The number of carbonyl (C=O) groups excluding carboxylic acids is 2. The summed E-state index contributed by atoms with van der Waals surface area (Å²) in [6, 6.07) is 6.73. The average Bonchev–Trinajstić information content (AvgIpc) is 2.46. The van der Waals surface area contributed by atoms with E-state index in [4.69, 9.17) is 5.11 Å². The highest BCUT2D eigenvalue weighted by atomic mass is 32.2. The number of hydrogen-bond acceptors (Lipinski definition) is 4. The molecule has 2 amide bonds. The number of nitrogens with zero attached hydrogens (tertiary/aromatic N) is 1. The van der Waals surface area contributed by atoms with Crippen molar-refractivity contribution in [2.24, 2.45) is 0 Å². The normalized spacial score (nSPS) is 11.6. The Hall–Kier alpha value is -2.02. The van der Waals surface area contributed by atoms with E-state index < -0.39 is 17.9 Å². The van der Waals surface area contributed by atoms with Crippen molar-refractivity contribution < 1.29 is 19.5 Å². The van der Waals surface area contributed by atoms with Gasteiger partial charge >= 0.3 is 5.97 Å². The van der Waals surface area contributed by atoms with Gasteiger partial charge in [-0.2, -0.15) is 0 Å². The van der Waals surface area contributed by atoms with E-state index in [1.54, 1.807) is 23.9 Å². The number of aliphatic carboxylic acids is 1. The lowest BCUT2D eigenvalue weighted by atomic mass is 10.0. The van der Waals surface area contributed by atoms with E-state index in [0.29, 0.717) is 0 Å². The van der Waals surface area contributed by atoms with Gasteiger partial charge in [-0.15, -0.1) is 11.8 Å². The smallest absolute Gasteiger partial charge is 0.305 e. The van der Waals surface area contributed by atoms with Crippen molar-refractivity contribution in [1.29, 1.82) is 0 Å². The third-order valence-electron chi connectivity index (χ3n) is 3.15. The molecule has 0 bridgehead atoms. The summed E-state index contributed by atoms with van der Waals surface area (Å²) in [5.41, 5.74) is 0.721. The molecule has 1 rings (SSSR count). The minimum absolute atomic E-state index is 0.103. The lowest BCUT2D eigenvalue weighted by Gasteiger charge is -2.20. The fraction of sp³-hybridized carbons (Fsp3) is 0.400. The highest BCUT2D eigenvalue weighted by Gasteiger charge is 2.19. The van der Waals surface area contributed by atoms with E-state index in [2.05, 4.69) is 5.32 Å². The molecule has 0 radical (unpaired) electrons. The molecular weight excluding hydrogens is 304 g/mol. The summed E-state index contributed by atoms with van der Waals surface area (Å²) in [4.78, 5) is 36.4. The number of thioether (sulfide) groups is 1. The molecule has 0 aromatic heterocycles. The molecule has 0 saturated carbocycles. The highest BCUT2D eigenvalue weighted by molar-refractivity contribution is 7.98. The minimum atomic E-state index is -1.00. The van der Waals surface area contributed by atoms with Gasteiger partial charge in [-0.05, 0) is 24.0 Å². The number of carboxylic acid groups (broad SMARTS) is 1. The van der Waals surface area contributed by atoms with Crippen LogP contribution in [0.25, 0.3) is 0 Å². The van der Waals surface area contributed by atoms with Crippen LogP contribution in [0.1, 0.15) is 24.9 Å². The molecule has 0 fully saturated rings. The van der Waals surface area contributed by atoms with Crippen molar-refractivity contribution >= 4 is 29.5 Å². The summed E-state index contributed by atoms with van der Waals surface area (Å²) < 4.78 is 0. The van der Waals surface area contributed by atoms with Crippen LogP contribution in [0.3, 0.4) is 0 Å². The zero-order chi connectivity index (χ0) is 16.7. The fourth-order valence-electron chi connectivity index (χ4n) is 1.83. The van der Waals surface area contributed by atoms with Gasteiger partial charge in [-0.1, -0.05) is 12.1 Å². The van der Waals surface area contributed by atoms with Crippen LogP contribution < -0.4 is 5.32 Å². The van der Waals surface area contributed by atoms with E-state index in [1.165, 1.54) is 18.9 Å². The molecular formula is C15H20N2O4S. The van der Waals surface area contributed by atoms with Crippen LogP contribution in [-0.2, 0) is 14.4 Å². The van der Waals surface area contributed by atoms with Crippen molar-refractivity contribution in [2.45, 2.75) is 24.3 Å². The number of rotatable bonds is 7. The van der Waals surface area contributed by atoms with E-state index in [1.807, 2.05) is 18.4 Å². The quantitative estimate of drug-likeness (QED) is 0.743. The second-order valence-electron chi connectivity index (χ2n) is 4.87. The summed E-state index contributed by atoms with van der Waals surface area (Å²) in [6.07, 6.45) is 1.73. The Morgan fingerprint density at radius 3 is 2.32 bits per heavy atom. The number of nitrogens with one attached hydrogen (secondary N) is 1. The number of amides is 2. The summed E-state index contributed by atoms with van der Waals surface area (Å²) in [5, 5.41) is 11.7. The van der Waals surface area contributed by atoms with Crippen molar-refractivity contribution in [1.82, 2.24) is 10.2 Å². The molecule has 0 aliphatic heterocycles. The predicted molar refractivity (Wildman–Crippen MR) is 84.7 cm³/mol. The van der Waals surface area contributed by atoms with Gasteiger partial charge in [0.2, 0.25) is 11.8 Å². The van der Waals surface area contributed by atoms with Crippen LogP contribution in [0.5, 0.6) is 0 Å². The van der Waals surface area contributed by atoms with Gasteiger partial charge in [0.05, 0.1) is 19.0 Å². The number of hydrogen-bond donors (Lipinski definition) is 2. The zero-order valence-electron chi connectivity index (χ0n) is 12.8. The maximum absolute atomic E-state index is 11.9. The van der Waals surface area contributed by atoms with Crippen molar-refractivity contribution in [2.75, 3.05) is 19.8 Å². The first kappa shape index (κ1) is 18.0. The highest BCUT2D eigenvalue weighted by Crippen LogP contribution is 2.21. The largest absolute Gasteiger partial charge is 0.481 e. The van der Waals surface area contributed by atoms with Gasteiger partial charge in [0.25, 0.3) is 0 Å². The lowest BCUT2D eigenvalue weighted by Crippen LogP contribution is -2.39. The Morgan fingerprint density at radius 1 is 1.27 bits per heavy atom. The van der Waals surface area contributed by atoms with Crippen LogP contribution in [0.15, 0.2) is 29.2 Å². The molecule has 1 atom stereocenters. The standard InChI is InChI=1S/C15H20N2O4S/c1-10(18)17(2)9-14(19)16-13(8-15(20)21)11-4-6-12(22-3)7-5-11/h4-7,13H,8-9H2,1-3H3,(H,16,19)(H,20,21). The van der Waals surface area contributed by atoms with E-state index in [9.17, 15) is 14.4 Å². The molecule has 1 aromatic carbocycles. The van der Waals surface area contributed by atoms with Crippen LogP contribution in [0, 0.1) is 0 Å². The van der Waals surface area contributed by atoms with E-state index in [0.717, 1.165) is 10.5 Å². The Morgan fingerprint density at radius 2 is 1.86 bits per heavy atom. The molecule has 1 aromatic rings. The van der Waals surface area contributed by atoms with Gasteiger partial charge in [0.1, 0.15) is 0 Å². The van der Waals surface area contributed by atoms with Crippen LogP contribution in [0.4, 0.5) is 0 Å². The number of benzene rings is 1. The second kappa shape index (κ2) is 8.43. The molecule has 0 spiro atoms. The molecule has 0 aliphatic carbocycles. The SMILES string of the molecule is CSc1ccc(C(CC(=O)O)NC(=O)CN(C)C(C)=O)cc1. The third kappa shape index (κ3) is 5.77. The summed E-state index contributed by atoms with van der Waals surface area (Å²) in [7, 11) is 1.52. The first-order valence-corrected chi connectivity index (χ1v) is 7.92. The van der Waals surface area contributed by atoms with Crippen molar-refractivity contribution in [3.63, 3.8) is 0 Å². The summed E-state index contributed by atoms with van der Waals surface area (Å²) >= 11 is 1.58. The average molecular weight is 324 g/mol. The maximum atomic E-state index is 11.9. The van der Waals surface area contributed by atoms with Gasteiger partial charge in [-0.25, -0.2) is 0 Å². The molecule has 1 unspecified atom stereocenters. The Bertz CT molecular complexity index is 545. The maximum Gasteiger partial charge on any atom is 0.305 e. The second-order valence-corrected chi connectivity index (χ2v) is 5.75. The molecule has 0 saturated heterocycles. The Labute approximate surface area is 133 Å². The molecule has 22 heavy (non-hydrogen) atoms. The lowest BCUT2D eigenvalue weighted by molar-refractivity contribution is -0.138.